The summed E-state index contributed by atoms with van der Waals surface area (Å²) in [7, 11) is 0. The highest BCUT2D eigenvalue weighted by atomic mass is 16.3. The molecule has 0 aliphatic carbocycles. The van der Waals surface area contributed by atoms with Crippen LogP contribution in [0, 0.1) is 12.8 Å². The highest BCUT2D eigenvalue weighted by molar-refractivity contribution is 6.06. The van der Waals surface area contributed by atoms with Gasteiger partial charge in [-0.15, -0.1) is 0 Å². The first-order valence-corrected chi connectivity index (χ1v) is 12.9. The van der Waals surface area contributed by atoms with Crippen molar-refractivity contribution in [2.24, 2.45) is 5.92 Å². The number of aliphatic hydroxyl groups excluding tert-OH is 1. The van der Waals surface area contributed by atoms with Crippen molar-refractivity contribution in [3.63, 3.8) is 0 Å². The molecule has 4 aromatic rings. The van der Waals surface area contributed by atoms with E-state index in [1.807, 2.05) is 29.9 Å². The molecule has 0 bridgehead atoms. The molecule has 6 rings (SSSR count). The molecule has 3 N–H and O–H groups in total. The Labute approximate surface area is 214 Å². The van der Waals surface area contributed by atoms with Crippen molar-refractivity contribution >= 4 is 28.2 Å². The summed E-state index contributed by atoms with van der Waals surface area (Å²) in [6.07, 6.45) is 7.51. The number of hydrogen-bond acceptors (Lipinski definition) is 8. The Bertz CT molecular complexity index is 1420. The fourth-order valence-corrected chi connectivity index (χ4v) is 5.27. The van der Waals surface area contributed by atoms with Crippen molar-refractivity contribution in [3.05, 3.63) is 54.3 Å². The topological polar surface area (TPSA) is 121 Å². The van der Waals surface area contributed by atoms with Gasteiger partial charge in [0.2, 0.25) is 5.89 Å². The molecule has 192 valence electrons. The third-order valence-corrected chi connectivity index (χ3v) is 7.28. The normalized spacial score (nSPS) is 18.5. The quantitative estimate of drug-likeness (QED) is 0.368. The van der Waals surface area contributed by atoms with Gasteiger partial charge in [-0.2, -0.15) is 5.10 Å². The molecule has 1 atom stereocenters. The molecule has 10 nitrogen and oxygen atoms in total. The Morgan fingerprint density at radius 3 is 2.89 bits per heavy atom. The molecule has 0 saturated carbocycles. The van der Waals surface area contributed by atoms with Crippen molar-refractivity contribution < 1.29 is 14.3 Å². The highest BCUT2D eigenvalue weighted by Crippen LogP contribution is 2.34. The van der Waals surface area contributed by atoms with Gasteiger partial charge < -0.3 is 25.1 Å². The van der Waals surface area contributed by atoms with Crippen molar-refractivity contribution in [1.29, 1.82) is 0 Å². The molecular weight excluding hydrogens is 470 g/mol. The Morgan fingerprint density at radius 2 is 2.11 bits per heavy atom. The summed E-state index contributed by atoms with van der Waals surface area (Å²) in [6.45, 7) is 6.04. The summed E-state index contributed by atoms with van der Waals surface area (Å²) >= 11 is 0. The van der Waals surface area contributed by atoms with Crippen LogP contribution in [0.2, 0.25) is 0 Å². The zero-order chi connectivity index (χ0) is 25.4. The summed E-state index contributed by atoms with van der Waals surface area (Å²) in [6, 6.07) is 7.72. The Balaban J connectivity index is 1.31. The molecule has 10 heteroatoms. The van der Waals surface area contributed by atoms with Crippen molar-refractivity contribution in [2.45, 2.75) is 38.8 Å². The number of amides is 1. The molecule has 2 aliphatic rings. The van der Waals surface area contributed by atoms with E-state index in [0.29, 0.717) is 37.0 Å². The molecule has 0 unspecified atom stereocenters. The second-order valence-corrected chi connectivity index (χ2v) is 10.0. The lowest BCUT2D eigenvalue weighted by Crippen LogP contribution is -2.30. The molecule has 0 radical (unpaired) electrons. The molecule has 5 heterocycles. The predicted octanol–water partition coefficient (Wildman–Crippen LogP) is 3.22. The molecule has 2 aliphatic heterocycles. The van der Waals surface area contributed by atoms with E-state index in [1.54, 1.807) is 12.3 Å². The van der Waals surface area contributed by atoms with Gasteiger partial charge in [0.1, 0.15) is 6.26 Å². The highest BCUT2D eigenvalue weighted by Gasteiger charge is 2.25. The molecule has 37 heavy (non-hydrogen) atoms. The molecular formula is C27H31N7O3. The van der Waals surface area contributed by atoms with Crippen LogP contribution in [0.5, 0.6) is 0 Å². The zero-order valence-electron chi connectivity index (χ0n) is 20.9. The SMILES string of the molecule is Cc1cc(-c2nc(C(=O)Nc3cc4c(cnn4CC4CCNCC4)cc3N3CC[C@H](O)C3)co2)ccn1. The standard InChI is InChI=1S/C27H31N7O3/c1-17-10-19(4-8-29-17)27-32-23(16-37-27)26(36)31-22-12-24-20(11-25(22)33-9-5-21(35)15-33)13-30-34(24)14-18-2-6-28-7-3-18/h4,8,10-13,16,18,21,28,35H,2-3,5-7,9,14-15H2,1H3,(H,31,36)/t21-/m0/s1. The van der Waals surface area contributed by atoms with Crippen LogP contribution in [-0.2, 0) is 6.54 Å². The lowest BCUT2D eigenvalue weighted by atomic mass is 9.98. The monoisotopic (exact) mass is 501 g/mol. The van der Waals surface area contributed by atoms with Crippen LogP contribution in [0.3, 0.4) is 0 Å². The maximum Gasteiger partial charge on any atom is 0.277 e. The van der Waals surface area contributed by atoms with E-state index in [-0.39, 0.29) is 17.7 Å². The van der Waals surface area contributed by atoms with Crippen LogP contribution in [0.1, 0.15) is 35.4 Å². The van der Waals surface area contributed by atoms with Crippen LogP contribution in [0.15, 0.2) is 47.3 Å². The van der Waals surface area contributed by atoms with E-state index in [9.17, 15) is 9.90 Å². The van der Waals surface area contributed by atoms with Gasteiger partial charge in [0.05, 0.1) is 29.2 Å². The van der Waals surface area contributed by atoms with Gasteiger partial charge in [-0.3, -0.25) is 14.5 Å². The second-order valence-electron chi connectivity index (χ2n) is 10.0. The molecule has 3 aromatic heterocycles. The van der Waals surface area contributed by atoms with Gasteiger partial charge in [0.25, 0.3) is 5.91 Å². The molecule has 2 saturated heterocycles. The number of piperidine rings is 1. The predicted molar refractivity (Wildman–Crippen MR) is 141 cm³/mol. The van der Waals surface area contributed by atoms with E-state index in [0.717, 1.165) is 60.3 Å². The Kier molecular flexibility index (Phi) is 6.35. The number of carbonyl (C=O) groups is 1. The third-order valence-electron chi connectivity index (χ3n) is 7.28. The van der Waals surface area contributed by atoms with Crippen LogP contribution < -0.4 is 15.5 Å². The van der Waals surface area contributed by atoms with Gasteiger partial charge in [-0.25, -0.2) is 4.98 Å². The van der Waals surface area contributed by atoms with Crippen LogP contribution in [-0.4, -0.2) is 63.0 Å². The first kappa shape index (κ1) is 23.6. The van der Waals surface area contributed by atoms with Crippen LogP contribution in [0.25, 0.3) is 22.4 Å². The van der Waals surface area contributed by atoms with Gasteiger partial charge in [0, 0.05) is 42.5 Å². The largest absolute Gasteiger partial charge is 0.444 e. The number of oxazole rings is 1. The van der Waals surface area contributed by atoms with Crippen molar-refractivity contribution in [2.75, 3.05) is 36.4 Å². The van der Waals surface area contributed by atoms with Gasteiger partial charge in [-0.05, 0) is 69.5 Å². The first-order valence-electron chi connectivity index (χ1n) is 12.9. The lowest BCUT2D eigenvalue weighted by molar-refractivity contribution is 0.102. The number of benzene rings is 1. The minimum absolute atomic E-state index is 0.195. The summed E-state index contributed by atoms with van der Waals surface area (Å²) in [5, 5.41) is 22.3. The van der Waals surface area contributed by atoms with Crippen LogP contribution >= 0.6 is 0 Å². The van der Waals surface area contributed by atoms with E-state index in [4.69, 9.17) is 4.42 Å². The number of fused-ring (bicyclic) bond motifs is 1. The number of aliphatic hydroxyl groups is 1. The summed E-state index contributed by atoms with van der Waals surface area (Å²) in [4.78, 5) is 24.0. The Morgan fingerprint density at radius 1 is 1.24 bits per heavy atom. The van der Waals surface area contributed by atoms with Gasteiger partial charge >= 0.3 is 0 Å². The minimum Gasteiger partial charge on any atom is -0.444 e. The molecule has 1 aromatic carbocycles. The number of aromatic nitrogens is 4. The number of nitrogens with zero attached hydrogens (tertiary/aromatic N) is 5. The molecule has 1 amide bonds. The average Bonchev–Trinajstić information content (AvgIpc) is 3.65. The summed E-state index contributed by atoms with van der Waals surface area (Å²) in [5.74, 6) is 0.584. The summed E-state index contributed by atoms with van der Waals surface area (Å²) in [5.41, 5.74) is 4.32. The fourth-order valence-electron chi connectivity index (χ4n) is 5.27. The maximum atomic E-state index is 13.3. The number of nitrogens with one attached hydrogen (secondary N) is 2. The number of aryl methyl sites for hydroxylation is 1. The lowest BCUT2D eigenvalue weighted by Gasteiger charge is -2.24. The maximum absolute atomic E-state index is 13.3. The van der Waals surface area contributed by atoms with E-state index in [1.165, 1.54) is 6.26 Å². The first-order chi connectivity index (χ1) is 18.0. The molecule has 2 fully saturated rings. The number of hydrogen-bond donors (Lipinski definition) is 3. The number of anilines is 2. The van der Waals surface area contributed by atoms with Gasteiger partial charge in [0.15, 0.2) is 5.69 Å². The smallest absolute Gasteiger partial charge is 0.277 e. The van der Waals surface area contributed by atoms with Gasteiger partial charge in [-0.1, -0.05) is 0 Å². The minimum atomic E-state index is -0.385. The summed E-state index contributed by atoms with van der Waals surface area (Å²) < 4.78 is 7.65. The number of pyridine rings is 1. The van der Waals surface area contributed by atoms with E-state index < -0.39 is 0 Å². The van der Waals surface area contributed by atoms with Crippen molar-refractivity contribution in [3.8, 4) is 11.5 Å². The Hall–Kier alpha value is -3.76. The molecule has 0 spiro atoms. The van der Waals surface area contributed by atoms with E-state index >= 15 is 0 Å². The van der Waals surface area contributed by atoms with Crippen molar-refractivity contribution in [1.82, 2.24) is 25.1 Å². The van der Waals surface area contributed by atoms with E-state index in [2.05, 4.69) is 36.7 Å². The third kappa shape index (κ3) is 4.94. The fraction of sp³-hybridized carbons (Fsp3) is 0.407. The second kappa shape index (κ2) is 9.95. The van der Waals surface area contributed by atoms with Crippen LogP contribution in [0.4, 0.5) is 11.4 Å². The number of β-amino-alcohol motifs (C(OH)–C–C–N with tert-alkyl or cyclic N) is 1. The number of carbonyl (C=O) groups excluding carboxylic acids is 1. The zero-order valence-corrected chi connectivity index (χ0v) is 20.9. The average molecular weight is 502 g/mol. The number of rotatable bonds is 6.